The Labute approximate surface area is 113 Å². The van der Waals surface area contributed by atoms with Crippen molar-refractivity contribution in [2.45, 2.75) is 6.92 Å². The van der Waals surface area contributed by atoms with Crippen molar-refractivity contribution in [1.29, 1.82) is 0 Å². The molecule has 0 amide bonds. The molecule has 0 bridgehead atoms. The first kappa shape index (κ1) is 11.4. The molecule has 90 valence electrons. The van der Waals surface area contributed by atoms with E-state index in [2.05, 4.69) is 4.98 Å². The lowest BCUT2D eigenvalue weighted by atomic mass is 10.1. The van der Waals surface area contributed by atoms with Gasteiger partial charge in [-0.2, -0.15) is 0 Å². The van der Waals surface area contributed by atoms with Gasteiger partial charge >= 0.3 is 5.97 Å². The summed E-state index contributed by atoms with van der Waals surface area (Å²) in [6.45, 7) is 1.90. The van der Waals surface area contributed by atoms with E-state index < -0.39 is 0 Å². The highest BCUT2D eigenvalue weighted by Crippen LogP contribution is 2.32. The van der Waals surface area contributed by atoms with Crippen molar-refractivity contribution in [2.24, 2.45) is 0 Å². The monoisotopic (exact) mass is 275 g/mol. The van der Waals surface area contributed by atoms with E-state index in [0.29, 0.717) is 16.0 Å². The number of H-pyrrole nitrogens is 1. The third kappa shape index (κ3) is 1.81. The smallest absolute Gasteiger partial charge is 0.347 e. The number of carbonyl (C=O) groups excluding carboxylic acids is 1. The van der Waals surface area contributed by atoms with E-state index in [9.17, 15) is 4.79 Å². The van der Waals surface area contributed by atoms with Crippen LogP contribution in [-0.2, 0) is 4.74 Å². The molecule has 0 atom stereocenters. The molecule has 3 heterocycles. The highest BCUT2D eigenvalue weighted by Gasteiger charge is 2.28. The fourth-order valence-corrected chi connectivity index (χ4v) is 2.90. The number of hydrogen-bond acceptors (Lipinski definition) is 4. The van der Waals surface area contributed by atoms with Crippen LogP contribution in [0.3, 0.4) is 0 Å². The van der Waals surface area contributed by atoms with E-state index in [1.165, 1.54) is 0 Å². The second-order valence-electron chi connectivity index (χ2n) is 3.98. The Bertz CT molecular complexity index is 711. The normalized spacial score (nSPS) is 15.8. The van der Waals surface area contributed by atoms with Gasteiger partial charge < -0.3 is 9.72 Å². The number of thiophene rings is 1. The number of aromatic nitrogens is 1. The van der Waals surface area contributed by atoms with Gasteiger partial charge in [-0.05, 0) is 30.5 Å². The lowest BCUT2D eigenvalue weighted by Crippen LogP contribution is -1.97. The minimum absolute atomic E-state index is 0.381. The summed E-state index contributed by atoms with van der Waals surface area (Å²) in [6, 6.07) is 5.81. The number of rotatable bonds is 1. The third-order valence-electron chi connectivity index (χ3n) is 2.66. The van der Waals surface area contributed by atoms with Crippen LogP contribution in [0.5, 0.6) is 0 Å². The van der Waals surface area contributed by atoms with E-state index >= 15 is 0 Å². The van der Waals surface area contributed by atoms with E-state index in [1.807, 2.05) is 36.6 Å². The van der Waals surface area contributed by atoms with Gasteiger partial charge in [0.05, 0.1) is 0 Å². The highest BCUT2D eigenvalue weighted by molar-refractivity contribution is 7.71. The number of aromatic amines is 1. The first-order chi connectivity index (χ1) is 8.65. The summed E-state index contributed by atoms with van der Waals surface area (Å²) in [5, 5.41) is 1.98. The van der Waals surface area contributed by atoms with Crippen LogP contribution in [0.2, 0.25) is 0 Å². The van der Waals surface area contributed by atoms with Gasteiger partial charge in [-0.1, -0.05) is 18.3 Å². The number of fused-ring (bicyclic) bond motifs is 1. The average molecular weight is 275 g/mol. The van der Waals surface area contributed by atoms with Gasteiger partial charge in [0.25, 0.3) is 0 Å². The minimum Gasteiger partial charge on any atom is -0.422 e. The van der Waals surface area contributed by atoms with Crippen molar-refractivity contribution < 1.29 is 9.53 Å². The van der Waals surface area contributed by atoms with Gasteiger partial charge in [0.2, 0.25) is 0 Å². The first-order valence-electron chi connectivity index (χ1n) is 5.37. The largest absolute Gasteiger partial charge is 0.422 e. The first-order valence-corrected chi connectivity index (χ1v) is 6.65. The van der Waals surface area contributed by atoms with Gasteiger partial charge in [0, 0.05) is 16.1 Å². The van der Waals surface area contributed by atoms with Crippen molar-refractivity contribution in [3.63, 3.8) is 0 Å². The van der Waals surface area contributed by atoms with Crippen LogP contribution in [0.25, 0.3) is 11.8 Å². The van der Waals surface area contributed by atoms with Crippen LogP contribution >= 0.6 is 23.6 Å². The second kappa shape index (κ2) is 4.19. The van der Waals surface area contributed by atoms with Crippen LogP contribution in [0.4, 0.5) is 0 Å². The average Bonchev–Trinajstić information content (AvgIpc) is 2.88. The summed E-state index contributed by atoms with van der Waals surface area (Å²) in [4.78, 5) is 15.8. The molecule has 3 nitrogen and oxygen atoms in total. The zero-order chi connectivity index (χ0) is 12.7. The molecule has 0 spiro atoms. The maximum Gasteiger partial charge on any atom is 0.347 e. The molecule has 1 N–H and O–H groups in total. The fourth-order valence-electron chi connectivity index (χ4n) is 1.90. The topological polar surface area (TPSA) is 42.1 Å². The van der Waals surface area contributed by atoms with Crippen molar-refractivity contribution in [2.75, 3.05) is 0 Å². The summed E-state index contributed by atoms with van der Waals surface area (Å²) >= 11 is 6.76. The number of cyclic esters (lactones) is 1. The Kier molecular flexibility index (Phi) is 2.65. The lowest BCUT2D eigenvalue weighted by molar-refractivity contribution is 0.0716. The molecule has 0 saturated heterocycles. The van der Waals surface area contributed by atoms with Gasteiger partial charge in [-0.25, -0.2) is 4.79 Å². The van der Waals surface area contributed by atoms with E-state index in [0.717, 1.165) is 16.1 Å². The maximum absolute atomic E-state index is 11.8. The van der Waals surface area contributed by atoms with Crippen molar-refractivity contribution in [3.8, 4) is 0 Å². The van der Waals surface area contributed by atoms with Crippen molar-refractivity contribution in [1.82, 2.24) is 4.98 Å². The van der Waals surface area contributed by atoms with E-state index in [-0.39, 0.29) is 5.97 Å². The van der Waals surface area contributed by atoms with Crippen molar-refractivity contribution >= 4 is 41.4 Å². The molecule has 2 aromatic heterocycles. The summed E-state index contributed by atoms with van der Waals surface area (Å²) in [7, 11) is 0. The molecule has 0 aliphatic carbocycles. The quantitative estimate of drug-likeness (QED) is 0.636. The molecule has 0 radical (unpaired) electrons. The van der Waals surface area contributed by atoms with Gasteiger partial charge in [-0.15, -0.1) is 11.3 Å². The number of hydrogen-bond donors (Lipinski definition) is 1. The molecule has 5 heteroatoms. The van der Waals surface area contributed by atoms with Gasteiger partial charge in [0.15, 0.2) is 0 Å². The standard InChI is InChI=1S/C13H9NO2S2/c1-7-5-9-10(6-8-3-2-4-18-8)16-13(15)11(9)12(17)14-7/h2-6H,1H3,(H,14,17)/b10-6-. The minimum atomic E-state index is -0.381. The zero-order valence-corrected chi connectivity index (χ0v) is 11.2. The highest BCUT2D eigenvalue weighted by atomic mass is 32.1. The lowest BCUT2D eigenvalue weighted by Gasteiger charge is -1.99. The maximum atomic E-state index is 11.8. The third-order valence-corrected chi connectivity index (χ3v) is 3.78. The molecular formula is C13H9NO2S2. The Balaban J connectivity index is 2.20. The number of carbonyl (C=O) groups is 1. The number of esters is 1. The second-order valence-corrected chi connectivity index (χ2v) is 5.37. The summed E-state index contributed by atoms with van der Waals surface area (Å²) in [5.74, 6) is 0.190. The SMILES string of the molecule is Cc1cc2c(c(=S)[nH]1)C(=O)O/C2=C\c1cccs1. The van der Waals surface area contributed by atoms with Crippen molar-refractivity contribution in [3.05, 3.63) is 49.9 Å². The molecule has 3 rings (SSSR count). The summed E-state index contributed by atoms with van der Waals surface area (Å²) < 4.78 is 5.72. The number of ether oxygens (including phenoxy) is 1. The van der Waals surface area contributed by atoms with Gasteiger partial charge in [-0.3, -0.25) is 0 Å². The fraction of sp³-hybridized carbons (Fsp3) is 0.0769. The molecular weight excluding hydrogens is 266 g/mol. The predicted octanol–water partition coefficient (Wildman–Crippen LogP) is 3.78. The van der Waals surface area contributed by atoms with Crippen LogP contribution in [0.1, 0.15) is 26.5 Å². The van der Waals surface area contributed by atoms with Crippen LogP contribution in [0, 0.1) is 11.6 Å². The van der Waals surface area contributed by atoms with Gasteiger partial charge in [0.1, 0.15) is 16.0 Å². The molecule has 2 aromatic rings. The Hall–Kier alpha value is -1.72. The predicted molar refractivity (Wildman–Crippen MR) is 74.0 cm³/mol. The molecule has 0 saturated carbocycles. The number of nitrogens with one attached hydrogen (secondary N) is 1. The summed E-state index contributed by atoms with van der Waals surface area (Å²) in [6.07, 6.45) is 1.86. The Morgan fingerprint density at radius 2 is 2.33 bits per heavy atom. The molecule has 18 heavy (non-hydrogen) atoms. The molecule has 1 aliphatic heterocycles. The number of pyridine rings is 1. The van der Waals surface area contributed by atoms with Crippen LogP contribution in [0.15, 0.2) is 23.6 Å². The Morgan fingerprint density at radius 1 is 1.50 bits per heavy atom. The zero-order valence-electron chi connectivity index (χ0n) is 9.52. The molecule has 0 aromatic carbocycles. The molecule has 0 unspecified atom stereocenters. The van der Waals surface area contributed by atoms with E-state index in [1.54, 1.807) is 11.3 Å². The Morgan fingerprint density at radius 3 is 3.06 bits per heavy atom. The summed E-state index contributed by atoms with van der Waals surface area (Å²) in [5.41, 5.74) is 2.14. The number of aryl methyl sites for hydroxylation is 1. The molecule has 1 aliphatic rings. The van der Waals surface area contributed by atoms with E-state index in [4.69, 9.17) is 17.0 Å². The van der Waals surface area contributed by atoms with Crippen LogP contribution in [-0.4, -0.2) is 11.0 Å². The van der Waals surface area contributed by atoms with Crippen LogP contribution < -0.4 is 0 Å². The molecule has 0 fully saturated rings.